The van der Waals surface area contributed by atoms with Crippen molar-refractivity contribution in [3.8, 4) is 0 Å². The van der Waals surface area contributed by atoms with E-state index in [0.29, 0.717) is 0 Å². The van der Waals surface area contributed by atoms with E-state index in [0.717, 1.165) is 22.8 Å². The molecule has 0 saturated carbocycles. The lowest BCUT2D eigenvalue weighted by Gasteiger charge is -2.08. The van der Waals surface area contributed by atoms with Crippen LogP contribution in [0.2, 0.25) is 0 Å². The van der Waals surface area contributed by atoms with Gasteiger partial charge in [-0.2, -0.15) is 0 Å². The number of aryl methyl sites for hydroxylation is 1. The van der Waals surface area contributed by atoms with Gasteiger partial charge in [0.1, 0.15) is 0 Å². The minimum atomic E-state index is 0.830. The zero-order chi connectivity index (χ0) is 16.5. The fourth-order valence-corrected chi connectivity index (χ4v) is 2.67. The lowest BCUT2D eigenvalue weighted by molar-refractivity contribution is 1.24. The molecular formula is C19H21N3S. The van der Waals surface area contributed by atoms with Gasteiger partial charge in [-0.15, -0.1) is 11.3 Å². The zero-order valence-corrected chi connectivity index (χ0v) is 14.3. The monoisotopic (exact) mass is 323 g/mol. The fourth-order valence-electron chi connectivity index (χ4n) is 1.98. The number of anilines is 1. The highest BCUT2D eigenvalue weighted by Gasteiger charge is 2.03. The van der Waals surface area contributed by atoms with Gasteiger partial charge in [-0.25, -0.2) is 4.98 Å². The second kappa shape index (κ2) is 8.86. The molecule has 1 N–H and O–H groups in total. The standard InChI is InChI=1S/C19H21N3S/c1-15-14-21-19(23-15)22-16(2)18(10-7-13-20-3)12-11-17-8-5-4-6-9-17/h4-10,12-14H,2,11H2,1,3H3,(H,21,22)/b10-7-,18-12-,20-13?. The normalized spacial score (nSPS) is 12.2. The van der Waals surface area contributed by atoms with Crippen molar-refractivity contribution in [1.82, 2.24) is 4.98 Å². The molecule has 0 fully saturated rings. The molecule has 0 amide bonds. The number of thiazole rings is 1. The van der Waals surface area contributed by atoms with Gasteiger partial charge in [-0.3, -0.25) is 4.99 Å². The van der Waals surface area contributed by atoms with Crippen molar-refractivity contribution < 1.29 is 0 Å². The van der Waals surface area contributed by atoms with Crippen LogP contribution in [0.5, 0.6) is 0 Å². The van der Waals surface area contributed by atoms with Gasteiger partial charge in [0, 0.05) is 30.0 Å². The lowest BCUT2D eigenvalue weighted by atomic mass is 10.1. The third-order valence-electron chi connectivity index (χ3n) is 3.14. The molecule has 23 heavy (non-hydrogen) atoms. The van der Waals surface area contributed by atoms with Gasteiger partial charge < -0.3 is 5.32 Å². The number of nitrogens with one attached hydrogen (secondary N) is 1. The van der Waals surface area contributed by atoms with Crippen molar-refractivity contribution in [3.63, 3.8) is 0 Å². The van der Waals surface area contributed by atoms with E-state index in [1.54, 1.807) is 24.6 Å². The lowest BCUT2D eigenvalue weighted by Crippen LogP contribution is -2.00. The van der Waals surface area contributed by atoms with E-state index in [-0.39, 0.29) is 0 Å². The molecule has 3 nitrogen and oxygen atoms in total. The van der Waals surface area contributed by atoms with Gasteiger partial charge in [-0.1, -0.05) is 49.1 Å². The molecule has 0 aliphatic heterocycles. The molecule has 0 aliphatic rings. The topological polar surface area (TPSA) is 37.3 Å². The first kappa shape index (κ1) is 16.9. The van der Waals surface area contributed by atoms with Gasteiger partial charge in [-0.05, 0) is 30.6 Å². The molecule has 2 aromatic rings. The van der Waals surface area contributed by atoms with E-state index in [1.165, 1.54) is 10.4 Å². The second-order valence-corrected chi connectivity index (χ2v) is 6.23. The molecule has 0 aliphatic carbocycles. The molecule has 118 valence electrons. The van der Waals surface area contributed by atoms with Crippen LogP contribution in [0.1, 0.15) is 10.4 Å². The number of nitrogens with zero attached hydrogens (tertiary/aromatic N) is 2. The Morgan fingerprint density at radius 3 is 2.78 bits per heavy atom. The summed E-state index contributed by atoms with van der Waals surface area (Å²) in [5, 5.41) is 4.13. The summed E-state index contributed by atoms with van der Waals surface area (Å²) in [6.45, 7) is 6.18. The Morgan fingerprint density at radius 1 is 1.35 bits per heavy atom. The predicted octanol–water partition coefficient (Wildman–Crippen LogP) is 4.80. The molecule has 0 bridgehead atoms. The number of rotatable bonds is 7. The number of aromatic nitrogens is 1. The first-order chi connectivity index (χ1) is 11.2. The van der Waals surface area contributed by atoms with E-state index in [2.05, 4.69) is 40.1 Å². The van der Waals surface area contributed by atoms with Crippen LogP contribution in [0, 0.1) is 6.92 Å². The van der Waals surface area contributed by atoms with E-state index in [1.807, 2.05) is 43.5 Å². The minimum absolute atomic E-state index is 0.830. The first-order valence-corrected chi connectivity index (χ1v) is 8.22. The van der Waals surface area contributed by atoms with Crippen LogP contribution in [0.4, 0.5) is 5.13 Å². The van der Waals surface area contributed by atoms with Crippen LogP contribution in [0.3, 0.4) is 0 Å². The third-order valence-corrected chi connectivity index (χ3v) is 3.97. The highest BCUT2D eigenvalue weighted by atomic mass is 32.1. The molecule has 0 atom stereocenters. The zero-order valence-electron chi connectivity index (χ0n) is 13.5. The van der Waals surface area contributed by atoms with Gasteiger partial charge >= 0.3 is 0 Å². The smallest absolute Gasteiger partial charge is 0.187 e. The van der Waals surface area contributed by atoms with E-state index < -0.39 is 0 Å². The number of hydrogen-bond acceptors (Lipinski definition) is 4. The fraction of sp³-hybridized carbons (Fsp3) is 0.158. The number of benzene rings is 1. The molecule has 0 radical (unpaired) electrons. The van der Waals surface area contributed by atoms with E-state index in [9.17, 15) is 0 Å². The summed E-state index contributed by atoms with van der Waals surface area (Å²) >= 11 is 1.62. The molecule has 0 unspecified atom stereocenters. The second-order valence-electron chi connectivity index (χ2n) is 5.00. The van der Waals surface area contributed by atoms with E-state index in [4.69, 9.17) is 0 Å². The highest BCUT2D eigenvalue weighted by Crippen LogP contribution is 2.21. The molecular weight excluding hydrogens is 302 g/mol. The van der Waals surface area contributed by atoms with Crippen molar-refractivity contribution in [2.75, 3.05) is 12.4 Å². The third kappa shape index (κ3) is 5.68. The molecule has 1 heterocycles. The van der Waals surface area contributed by atoms with Crippen LogP contribution in [0.25, 0.3) is 0 Å². The van der Waals surface area contributed by atoms with Crippen LogP contribution in [-0.2, 0) is 6.42 Å². The average molecular weight is 323 g/mol. The SMILES string of the molecule is C=C(Nc1ncc(C)s1)C(/C=C\C=NC)=C\Cc1ccccc1. The Balaban J connectivity index is 2.13. The van der Waals surface area contributed by atoms with Crippen molar-refractivity contribution >= 4 is 22.7 Å². The Hall–Kier alpha value is -2.46. The Morgan fingerprint density at radius 2 is 2.13 bits per heavy atom. The largest absolute Gasteiger partial charge is 0.332 e. The summed E-state index contributed by atoms with van der Waals surface area (Å²) in [7, 11) is 1.75. The number of hydrogen-bond donors (Lipinski definition) is 1. The van der Waals surface area contributed by atoms with E-state index >= 15 is 0 Å². The van der Waals surface area contributed by atoms with Crippen molar-refractivity contribution in [1.29, 1.82) is 0 Å². The molecule has 0 saturated heterocycles. The van der Waals surface area contributed by atoms with Gasteiger partial charge in [0.05, 0.1) is 0 Å². The summed E-state index contributed by atoms with van der Waals surface area (Å²) in [4.78, 5) is 9.47. The summed E-state index contributed by atoms with van der Waals surface area (Å²) in [6.07, 6.45) is 10.5. The van der Waals surface area contributed by atoms with Gasteiger partial charge in [0.25, 0.3) is 0 Å². The number of aliphatic imine (C=N–C) groups is 1. The summed E-state index contributed by atoms with van der Waals surface area (Å²) < 4.78 is 0. The highest BCUT2D eigenvalue weighted by molar-refractivity contribution is 7.15. The predicted molar refractivity (Wildman–Crippen MR) is 101 cm³/mol. The summed E-state index contributed by atoms with van der Waals surface area (Å²) in [6, 6.07) is 10.4. The summed E-state index contributed by atoms with van der Waals surface area (Å²) in [5.74, 6) is 0. The van der Waals surface area contributed by atoms with Crippen LogP contribution in [0.15, 0.2) is 77.6 Å². The molecule has 2 rings (SSSR count). The van der Waals surface area contributed by atoms with Crippen molar-refractivity contribution in [2.45, 2.75) is 13.3 Å². The summed E-state index contributed by atoms with van der Waals surface area (Å²) in [5.41, 5.74) is 3.12. The Kier molecular flexibility index (Phi) is 6.51. The Bertz CT molecular complexity index is 724. The van der Waals surface area contributed by atoms with Crippen LogP contribution >= 0.6 is 11.3 Å². The van der Waals surface area contributed by atoms with Crippen molar-refractivity contribution in [2.24, 2.45) is 4.99 Å². The maximum atomic E-state index is 4.32. The maximum absolute atomic E-state index is 4.32. The number of allylic oxidation sites excluding steroid dienone is 3. The quantitative estimate of drug-likeness (QED) is 0.587. The molecule has 0 spiro atoms. The maximum Gasteiger partial charge on any atom is 0.187 e. The van der Waals surface area contributed by atoms with Crippen LogP contribution < -0.4 is 5.32 Å². The van der Waals surface area contributed by atoms with Crippen LogP contribution in [-0.4, -0.2) is 18.2 Å². The minimum Gasteiger partial charge on any atom is -0.332 e. The van der Waals surface area contributed by atoms with Crippen molar-refractivity contribution in [3.05, 3.63) is 83.0 Å². The molecule has 1 aromatic carbocycles. The first-order valence-electron chi connectivity index (χ1n) is 7.40. The molecule has 4 heteroatoms. The average Bonchev–Trinajstić information content (AvgIpc) is 2.96. The Labute approximate surface area is 141 Å². The van der Waals surface area contributed by atoms with Gasteiger partial charge in [0.2, 0.25) is 0 Å². The molecule has 1 aromatic heterocycles. The van der Waals surface area contributed by atoms with Gasteiger partial charge in [0.15, 0.2) is 5.13 Å².